The van der Waals surface area contributed by atoms with Crippen LogP contribution in [0.1, 0.15) is 18.4 Å². The number of aromatic nitrogens is 2. The molecule has 0 aliphatic carbocycles. The van der Waals surface area contributed by atoms with Gasteiger partial charge in [0.2, 0.25) is 5.95 Å². The zero-order valence-electron chi connectivity index (χ0n) is 12.0. The Bertz CT molecular complexity index is 897. The quantitative estimate of drug-likeness (QED) is 0.742. The van der Waals surface area contributed by atoms with Crippen LogP contribution in [0.2, 0.25) is 0 Å². The standard InChI is InChI=1S/C15H13F3N4O/c16-15(17,18)8-4-3-5-9-10(8)11-12(23-9)13(21-14(19)20-11)22-6-1-2-7-22/h3-5H,1-2,6-7H2,(H2,19,20,21). The molecule has 1 aliphatic rings. The van der Waals surface area contributed by atoms with Crippen LogP contribution in [0, 0.1) is 0 Å². The van der Waals surface area contributed by atoms with E-state index in [1.807, 2.05) is 4.90 Å². The highest BCUT2D eigenvalue weighted by Crippen LogP contribution is 2.41. The molecular weight excluding hydrogens is 309 g/mol. The van der Waals surface area contributed by atoms with E-state index in [2.05, 4.69) is 9.97 Å². The molecule has 0 saturated carbocycles. The first-order valence-electron chi connectivity index (χ1n) is 7.26. The summed E-state index contributed by atoms with van der Waals surface area (Å²) in [4.78, 5) is 10.2. The van der Waals surface area contributed by atoms with Crippen LogP contribution in [0.25, 0.3) is 22.1 Å². The van der Waals surface area contributed by atoms with Gasteiger partial charge in [0, 0.05) is 13.1 Å². The Morgan fingerprint density at radius 1 is 1.13 bits per heavy atom. The molecule has 120 valence electrons. The molecule has 0 spiro atoms. The summed E-state index contributed by atoms with van der Waals surface area (Å²) in [5.41, 5.74) is 5.46. The topological polar surface area (TPSA) is 68.2 Å². The van der Waals surface area contributed by atoms with Crippen LogP contribution in [0.5, 0.6) is 0 Å². The first kappa shape index (κ1) is 14.1. The molecule has 1 saturated heterocycles. The van der Waals surface area contributed by atoms with Gasteiger partial charge in [-0.3, -0.25) is 0 Å². The second kappa shape index (κ2) is 4.74. The van der Waals surface area contributed by atoms with E-state index in [1.165, 1.54) is 12.1 Å². The summed E-state index contributed by atoms with van der Waals surface area (Å²) in [7, 11) is 0. The van der Waals surface area contributed by atoms with E-state index < -0.39 is 11.7 Å². The largest absolute Gasteiger partial charge is 0.450 e. The van der Waals surface area contributed by atoms with E-state index in [0.717, 1.165) is 32.0 Å². The summed E-state index contributed by atoms with van der Waals surface area (Å²) < 4.78 is 45.6. The van der Waals surface area contributed by atoms with Gasteiger partial charge in [0.25, 0.3) is 0 Å². The Labute approximate surface area is 128 Å². The lowest BCUT2D eigenvalue weighted by Crippen LogP contribution is -2.20. The fourth-order valence-electron chi connectivity index (χ4n) is 3.07. The van der Waals surface area contributed by atoms with Gasteiger partial charge in [0.05, 0.1) is 10.9 Å². The fraction of sp³-hybridized carbons (Fsp3) is 0.333. The normalized spacial score (nSPS) is 15.9. The molecule has 2 N–H and O–H groups in total. The number of nitrogens with two attached hydrogens (primary N) is 1. The van der Waals surface area contributed by atoms with E-state index in [1.54, 1.807) is 0 Å². The molecule has 0 bridgehead atoms. The van der Waals surface area contributed by atoms with Crippen molar-refractivity contribution in [1.29, 1.82) is 0 Å². The molecule has 2 aromatic heterocycles. The van der Waals surface area contributed by atoms with E-state index >= 15 is 0 Å². The molecule has 1 aromatic carbocycles. The number of alkyl halides is 3. The summed E-state index contributed by atoms with van der Waals surface area (Å²) in [6.45, 7) is 1.55. The Kier molecular flexibility index (Phi) is 2.91. The zero-order valence-corrected chi connectivity index (χ0v) is 12.0. The third-order valence-electron chi connectivity index (χ3n) is 4.05. The van der Waals surface area contributed by atoms with Crippen LogP contribution in [0.3, 0.4) is 0 Å². The summed E-state index contributed by atoms with van der Waals surface area (Å²) in [5, 5.41) is -0.0652. The van der Waals surface area contributed by atoms with E-state index in [4.69, 9.17) is 10.2 Å². The number of halogens is 3. The van der Waals surface area contributed by atoms with Crippen molar-refractivity contribution in [3.63, 3.8) is 0 Å². The van der Waals surface area contributed by atoms with Crippen molar-refractivity contribution in [3.05, 3.63) is 23.8 Å². The highest BCUT2D eigenvalue weighted by molar-refractivity contribution is 6.08. The molecule has 4 rings (SSSR count). The number of benzene rings is 1. The van der Waals surface area contributed by atoms with Crippen molar-refractivity contribution >= 4 is 33.8 Å². The van der Waals surface area contributed by atoms with Crippen LogP contribution in [-0.2, 0) is 6.18 Å². The highest BCUT2D eigenvalue weighted by Gasteiger charge is 2.35. The molecular formula is C15H13F3N4O. The molecule has 23 heavy (non-hydrogen) atoms. The number of fused-ring (bicyclic) bond motifs is 3. The third kappa shape index (κ3) is 2.16. The third-order valence-corrected chi connectivity index (χ3v) is 4.05. The Hall–Kier alpha value is -2.51. The number of hydrogen-bond donors (Lipinski definition) is 1. The maximum absolute atomic E-state index is 13.3. The maximum atomic E-state index is 13.3. The van der Waals surface area contributed by atoms with Gasteiger partial charge in [-0.2, -0.15) is 18.2 Å². The molecule has 0 radical (unpaired) electrons. The SMILES string of the molecule is Nc1nc(N2CCCC2)c2oc3cccc(C(F)(F)F)c3c2n1. The number of hydrogen-bond acceptors (Lipinski definition) is 5. The van der Waals surface area contributed by atoms with Gasteiger partial charge in [0.15, 0.2) is 11.4 Å². The Morgan fingerprint density at radius 2 is 1.87 bits per heavy atom. The number of nitrogen functional groups attached to an aromatic ring is 1. The summed E-state index contributed by atoms with van der Waals surface area (Å²) in [6, 6.07) is 3.83. The van der Waals surface area contributed by atoms with Crippen LogP contribution in [-0.4, -0.2) is 23.1 Å². The summed E-state index contributed by atoms with van der Waals surface area (Å²) in [6.07, 6.45) is -2.50. The minimum atomic E-state index is -4.50. The van der Waals surface area contributed by atoms with Gasteiger partial charge in [-0.1, -0.05) is 6.07 Å². The van der Waals surface area contributed by atoms with Crippen molar-refractivity contribution in [2.45, 2.75) is 19.0 Å². The molecule has 1 aliphatic heterocycles. The van der Waals surface area contributed by atoms with Gasteiger partial charge in [-0.05, 0) is 25.0 Å². The summed E-state index contributed by atoms with van der Waals surface area (Å²) in [5.74, 6) is 0.411. The van der Waals surface area contributed by atoms with Gasteiger partial charge in [-0.15, -0.1) is 0 Å². The predicted octanol–water partition coefficient (Wildman–Crippen LogP) is 3.58. The minimum Gasteiger partial charge on any atom is -0.450 e. The van der Waals surface area contributed by atoms with Crippen LogP contribution < -0.4 is 10.6 Å². The smallest absolute Gasteiger partial charge is 0.417 e. The molecule has 3 heterocycles. The molecule has 0 unspecified atom stereocenters. The second-order valence-electron chi connectivity index (χ2n) is 5.56. The number of rotatable bonds is 1. The Balaban J connectivity index is 2.08. The van der Waals surface area contributed by atoms with Gasteiger partial charge < -0.3 is 15.1 Å². The van der Waals surface area contributed by atoms with Gasteiger partial charge >= 0.3 is 6.18 Å². The first-order chi connectivity index (χ1) is 10.9. The predicted molar refractivity (Wildman–Crippen MR) is 80.2 cm³/mol. The molecule has 0 amide bonds. The van der Waals surface area contributed by atoms with E-state index in [-0.39, 0.29) is 28.0 Å². The molecule has 3 aromatic rings. The van der Waals surface area contributed by atoms with Gasteiger partial charge in [0.1, 0.15) is 11.1 Å². The molecule has 5 nitrogen and oxygen atoms in total. The maximum Gasteiger partial charge on any atom is 0.417 e. The van der Waals surface area contributed by atoms with Crippen LogP contribution >= 0.6 is 0 Å². The van der Waals surface area contributed by atoms with Crippen molar-refractivity contribution in [2.75, 3.05) is 23.7 Å². The lowest BCUT2D eigenvalue weighted by molar-refractivity contribution is -0.136. The number of nitrogens with zero attached hydrogens (tertiary/aromatic N) is 3. The lowest BCUT2D eigenvalue weighted by Gasteiger charge is -2.16. The lowest BCUT2D eigenvalue weighted by atomic mass is 10.1. The average Bonchev–Trinajstić information content (AvgIpc) is 3.12. The van der Waals surface area contributed by atoms with E-state index in [9.17, 15) is 13.2 Å². The second-order valence-corrected chi connectivity index (χ2v) is 5.56. The van der Waals surface area contributed by atoms with Crippen molar-refractivity contribution in [1.82, 2.24) is 9.97 Å². The fourth-order valence-corrected chi connectivity index (χ4v) is 3.07. The average molecular weight is 322 g/mol. The highest BCUT2D eigenvalue weighted by atomic mass is 19.4. The zero-order chi connectivity index (χ0) is 16.2. The van der Waals surface area contributed by atoms with Crippen LogP contribution in [0.4, 0.5) is 24.9 Å². The molecule has 1 fully saturated rings. The minimum absolute atomic E-state index is 0.0564. The van der Waals surface area contributed by atoms with Gasteiger partial charge in [-0.25, -0.2) is 4.98 Å². The van der Waals surface area contributed by atoms with Crippen LogP contribution in [0.15, 0.2) is 22.6 Å². The molecule has 0 atom stereocenters. The van der Waals surface area contributed by atoms with Crippen molar-refractivity contribution in [2.24, 2.45) is 0 Å². The monoisotopic (exact) mass is 322 g/mol. The van der Waals surface area contributed by atoms with E-state index in [0.29, 0.717) is 5.82 Å². The molecule has 8 heteroatoms. The van der Waals surface area contributed by atoms with Crippen molar-refractivity contribution in [3.8, 4) is 0 Å². The van der Waals surface area contributed by atoms with Crippen molar-refractivity contribution < 1.29 is 17.6 Å². The number of anilines is 2. The first-order valence-corrected chi connectivity index (χ1v) is 7.26. The summed E-state index contributed by atoms with van der Waals surface area (Å²) >= 11 is 0. The Morgan fingerprint density at radius 3 is 2.57 bits per heavy atom. The number of furan rings is 1.